The molecule has 1 heterocycles. The Labute approximate surface area is 144 Å². The number of hydrogen-bond donors (Lipinski definition) is 1. The fourth-order valence-corrected chi connectivity index (χ4v) is 3.04. The molecule has 25 heavy (non-hydrogen) atoms. The normalized spacial score (nSPS) is 13.8. The van der Waals surface area contributed by atoms with Gasteiger partial charge in [0, 0.05) is 30.5 Å². The lowest BCUT2D eigenvalue weighted by atomic mass is 10.2. The highest BCUT2D eigenvalue weighted by Gasteiger charge is 2.19. The molecule has 1 aliphatic heterocycles. The fraction of sp³-hybridized carbons (Fsp3) is 0.250. The van der Waals surface area contributed by atoms with Gasteiger partial charge in [0.15, 0.2) is 21.3 Å². The van der Waals surface area contributed by atoms with Crippen LogP contribution in [0.5, 0.6) is 11.5 Å². The number of hydrogen-bond acceptors (Lipinski definition) is 7. The molecule has 8 nitrogen and oxygen atoms in total. The summed E-state index contributed by atoms with van der Waals surface area (Å²) in [6, 6.07) is 8.86. The first-order chi connectivity index (χ1) is 11.8. The molecule has 0 saturated heterocycles. The van der Waals surface area contributed by atoms with Crippen molar-refractivity contribution < 1.29 is 22.8 Å². The van der Waals surface area contributed by atoms with E-state index in [9.17, 15) is 18.5 Å². The van der Waals surface area contributed by atoms with Gasteiger partial charge in [-0.1, -0.05) is 0 Å². The second kappa shape index (κ2) is 6.60. The highest BCUT2D eigenvalue weighted by atomic mass is 32.2. The minimum Gasteiger partial charge on any atom is -0.490 e. The molecule has 9 heteroatoms. The van der Waals surface area contributed by atoms with E-state index in [0.717, 1.165) is 18.7 Å². The van der Waals surface area contributed by atoms with Crippen LogP contribution in [0, 0.1) is 10.1 Å². The second-order valence-corrected chi connectivity index (χ2v) is 7.56. The van der Waals surface area contributed by atoms with Crippen LogP contribution in [0.15, 0.2) is 41.3 Å². The van der Waals surface area contributed by atoms with E-state index in [2.05, 4.69) is 5.32 Å². The number of sulfone groups is 1. The Morgan fingerprint density at radius 1 is 1.08 bits per heavy atom. The van der Waals surface area contributed by atoms with Crippen molar-refractivity contribution in [2.45, 2.75) is 11.3 Å². The molecule has 1 N–H and O–H groups in total. The number of nitrogens with zero attached hydrogens (tertiary/aromatic N) is 1. The first kappa shape index (κ1) is 17.0. The number of anilines is 2. The van der Waals surface area contributed by atoms with E-state index in [0.29, 0.717) is 30.4 Å². The maximum Gasteiger partial charge on any atom is 0.293 e. The van der Waals surface area contributed by atoms with Crippen LogP contribution in [0.3, 0.4) is 0 Å². The van der Waals surface area contributed by atoms with Crippen molar-refractivity contribution in [1.29, 1.82) is 0 Å². The van der Waals surface area contributed by atoms with Crippen molar-refractivity contribution in [1.82, 2.24) is 0 Å². The van der Waals surface area contributed by atoms with Gasteiger partial charge in [0.1, 0.15) is 5.69 Å². The minimum absolute atomic E-state index is 0.108. The highest BCUT2D eigenvalue weighted by molar-refractivity contribution is 7.90. The molecule has 0 spiro atoms. The van der Waals surface area contributed by atoms with Gasteiger partial charge in [0.05, 0.1) is 23.0 Å². The Morgan fingerprint density at radius 2 is 1.80 bits per heavy atom. The molecule has 0 unspecified atom stereocenters. The van der Waals surface area contributed by atoms with E-state index in [-0.39, 0.29) is 16.3 Å². The van der Waals surface area contributed by atoms with Crippen molar-refractivity contribution in [3.63, 3.8) is 0 Å². The average molecular weight is 364 g/mol. The number of nitro groups is 1. The van der Waals surface area contributed by atoms with E-state index < -0.39 is 14.8 Å². The molecule has 1 aliphatic rings. The van der Waals surface area contributed by atoms with Gasteiger partial charge < -0.3 is 14.8 Å². The molecule has 0 fully saturated rings. The molecule has 0 atom stereocenters. The van der Waals surface area contributed by atoms with Crippen LogP contribution in [0.4, 0.5) is 17.1 Å². The number of fused-ring (bicyclic) bond motifs is 1. The summed E-state index contributed by atoms with van der Waals surface area (Å²) in [6.45, 7) is 1.10. The van der Waals surface area contributed by atoms with Gasteiger partial charge in [-0.25, -0.2) is 8.42 Å². The lowest BCUT2D eigenvalue weighted by Gasteiger charge is -2.12. The maximum atomic E-state index is 11.6. The smallest absolute Gasteiger partial charge is 0.293 e. The SMILES string of the molecule is CS(=O)(=O)c1ccc(Nc2ccc3c(c2)OCCCO3)c([N+](=O)[O-])c1. The standard InChI is InChI=1S/C16H16N2O6S/c1-25(21,22)12-4-5-13(14(10-12)18(19)20)17-11-3-6-15-16(9-11)24-8-2-7-23-15/h3-6,9-10,17H,2,7-8H2,1H3. The molecular weight excluding hydrogens is 348 g/mol. The van der Waals surface area contributed by atoms with Crippen molar-refractivity contribution in [2.75, 3.05) is 24.8 Å². The Hall–Kier alpha value is -2.81. The summed E-state index contributed by atoms with van der Waals surface area (Å²) < 4.78 is 34.3. The van der Waals surface area contributed by atoms with Gasteiger partial charge in [0.25, 0.3) is 5.69 Å². The number of rotatable bonds is 4. The van der Waals surface area contributed by atoms with Gasteiger partial charge in [-0.3, -0.25) is 10.1 Å². The Morgan fingerprint density at radius 3 is 2.48 bits per heavy atom. The summed E-state index contributed by atoms with van der Waals surface area (Å²) in [6.07, 6.45) is 1.78. The van der Waals surface area contributed by atoms with Crippen LogP contribution in [0.25, 0.3) is 0 Å². The van der Waals surface area contributed by atoms with E-state index in [1.807, 2.05) is 0 Å². The summed E-state index contributed by atoms with van der Waals surface area (Å²) in [7, 11) is -3.53. The van der Waals surface area contributed by atoms with Gasteiger partial charge in [0.2, 0.25) is 0 Å². The first-order valence-corrected chi connectivity index (χ1v) is 9.39. The van der Waals surface area contributed by atoms with Crippen molar-refractivity contribution in [3.8, 4) is 11.5 Å². The van der Waals surface area contributed by atoms with E-state index in [1.165, 1.54) is 12.1 Å². The fourth-order valence-electron chi connectivity index (χ4n) is 2.40. The van der Waals surface area contributed by atoms with Crippen LogP contribution in [0.1, 0.15) is 6.42 Å². The lowest BCUT2D eigenvalue weighted by Crippen LogP contribution is -2.02. The molecule has 0 saturated carbocycles. The summed E-state index contributed by atoms with van der Waals surface area (Å²) in [5, 5.41) is 14.2. The largest absolute Gasteiger partial charge is 0.490 e. The summed E-state index contributed by atoms with van der Waals surface area (Å²) in [4.78, 5) is 10.6. The van der Waals surface area contributed by atoms with Crippen LogP contribution in [-0.4, -0.2) is 32.8 Å². The maximum absolute atomic E-state index is 11.6. The van der Waals surface area contributed by atoms with Crippen molar-refractivity contribution in [2.24, 2.45) is 0 Å². The van der Waals surface area contributed by atoms with Crippen molar-refractivity contribution >= 4 is 26.9 Å². The minimum atomic E-state index is -3.53. The van der Waals surface area contributed by atoms with Crippen LogP contribution in [0.2, 0.25) is 0 Å². The molecule has 2 aromatic rings. The van der Waals surface area contributed by atoms with E-state index >= 15 is 0 Å². The molecule has 132 valence electrons. The lowest BCUT2D eigenvalue weighted by molar-refractivity contribution is -0.384. The monoisotopic (exact) mass is 364 g/mol. The average Bonchev–Trinajstić information content (AvgIpc) is 2.78. The van der Waals surface area contributed by atoms with Crippen LogP contribution < -0.4 is 14.8 Å². The quantitative estimate of drug-likeness (QED) is 0.656. The van der Waals surface area contributed by atoms with Crippen molar-refractivity contribution in [3.05, 3.63) is 46.5 Å². The topological polar surface area (TPSA) is 108 Å². The van der Waals surface area contributed by atoms with Crippen LogP contribution in [-0.2, 0) is 9.84 Å². The molecule has 0 aliphatic carbocycles. The molecule has 0 radical (unpaired) electrons. The third-order valence-electron chi connectivity index (χ3n) is 3.62. The highest BCUT2D eigenvalue weighted by Crippen LogP contribution is 2.35. The molecule has 3 rings (SSSR count). The number of benzene rings is 2. The first-order valence-electron chi connectivity index (χ1n) is 7.50. The van der Waals surface area contributed by atoms with Gasteiger partial charge in [-0.2, -0.15) is 0 Å². The second-order valence-electron chi connectivity index (χ2n) is 5.55. The third-order valence-corrected chi connectivity index (χ3v) is 4.73. The zero-order chi connectivity index (χ0) is 18.0. The third kappa shape index (κ3) is 3.82. The van der Waals surface area contributed by atoms with Crippen LogP contribution >= 0.6 is 0 Å². The molecule has 2 aromatic carbocycles. The number of nitrogens with one attached hydrogen (secondary N) is 1. The summed E-state index contributed by atoms with van der Waals surface area (Å²) >= 11 is 0. The molecular formula is C16H16N2O6S. The zero-order valence-electron chi connectivity index (χ0n) is 13.4. The summed E-state index contributed by atoms with van der Waals surface area (Å²) in [5.74, 6) is 1.17. The predicted octanol–water partition coefficient (Wildman–Crippen LogP) is 2.90. The van der Waals surface area contributed by atoms with E-state index in [1.54, 1.807) is 18.2 Å². The van der Waals surface area contributed by atoms with Gasteiger partial charge in [-0.05, 0) is 24.3 Å². The Bertz CT molecular complexity index is 926. The molecule has 0 amide bonds. The Balaban J connectivity index is 1.95. The summed E-state index contributed by atoms with van der Waals surface area (Å²) in [5.41, 5.74) is 0.432. The number of ether oxygens (including phenoxy) is 2. The predicted molar refractivity (Wildman–Crippen MR) is 91.5 cm³/mol. The zero-order valence-corrected chi connectivity index (χ0v) is 14.2. The van der Waals surface area contributed by atoms with Gasteiger partial charge in [-0.15, -0.1) is 0 Å². The number of nitro benzene ring substituents is 1. The molecule has 0 aromatic heterocycles. The van der Waals surface area contributed by atoms with Gasteiger partial charge >= 0.3 is 0 Å². The Kier molecular flexibility index (Phi) is 4.49. The molecule has 0 bridgehead atoms. The van der Waals surface area contributed by atoms with E-state index in [4.69, 9.17) is 9.47 Å².